The van der Waals surface area contributed by atoms with Crippen LogP contribution in [0.4, 0.5) is 15.9 Å². The van der Waals surface area contributed by atoms with Crippen LogP contribution in [0, 0.1) is 10.7 Å². The topological polar surface area (TPSA) is 114 Å². The van der Waals surface area contributed by atoms with Gasteiger partial charge in [-0.15, -0.1) is 0 Å². The van der Waals surface area contributed by atoms with Gasteiger partial charge in [0.2, 0.25) is 0 Å². The van der Waals surface area contributed by atoms with Gasteiger partial charge in [0.1, 0.15) is 23.3 Å². The third-order valence-corrected chi connectivity index (χ3v) is 6.37. The number of anilines is 2. The summed E-state index contributed by atoms with van der Waals surface area (Å²) in [5.41, 5.74) is 2.62. The Morgan fingerprint density at radius 2 is 2.11 bits per heavy atom. The molecule has 0 saturated carbocycles. The molecule has 1 aromatic carbocycles. The molecule has 2 aliphatic heterocycles. The third-order valence-electron chi connectivity index (χ3n) is 5.99. The second-order valence-electron chi connectivity index (χ2n) is 8.27. The van der Waals surface area contributed by atoms with E-state index in [1.165, 1.54) is 12.1 Å². The van der Waals surface area contributed by atoms with Gasteiger partial charge in [-0.1, -0.05) is 11.6 Å². The Morgan fingerprint density at radius 3 is 2.94 bits per heavy atom. The van der Waals surface area contributed by atoms with Crippen LogP contribution in [-0.2, 0) is 4.74 Å². The fraction of sp³-hybridized carbons (Fsp3) is 0.318. The van der Waals surface area contributed by atoms with Crippen LogP contribution >= 0.6 is 23.8 Å². The minimum Gasteiger partial charge on any atom is -0.473 e. The molecule has 10 nitrogen and oxygen atoms in total. The van der Waals surface area contributed by atoms with Crippen molar-refractivity contribution < 1.29 is 18.4 Å². The van der Waals surface area contributed by atoms with E-state index in [0.717, 1.165) is 0 Å². The van der Waals surface area contributed by atoms with Gasteiger partial charge in [-0.25, -0.2) is 19.3 Å². The van der Waals surface area contributed by atoms with Gasteiger partial charge in [-0.3, -0.25) is 0 Å². The van der Waals surface area contributed by atoms with Crippen LogP contribution in [0.1, 0.15) is 18.5 Å². The maximum Gasteiger partial charge on any atom is 0.314 e. The Kier molecular flexibility index (Phi) is 5.50. The second kappa shape index (κ2) is 8.70. The summed E-state index contributed by atoms with van der Waals surface area (Å²) in [6.07, 6.45) is 0. The first-order valence-electron chi connectivity index (χ1n) is 10.9. The second-order valence-corrected chi connectivity index (χ2v) is 9.01. The number of nitrogens with zero attached hydrogens (tertiary/aromatic N) is 5. The van der Waals surface area contributed by atoms with Gasteiger partial charge in [-0.05, 0) is 37.3 Å². The maximum absolute atomic E-state index is 14.7. The number of rotatable bonds is 4. The highest BCUT2D eigenvalue weighted by molar-refractivity contribution is 7.71. The van der Waals surface area contributed by atoms with Crippen LogP contribution < -0.4 is 15.0 Å². The minimum absolute atomic E-state index is 0.0422. The number of fused-ring (bicyclic) bond motifs is 4. The number of ether oxygens (including phenoxy) is 2. The molecule has 3 aromatic heterocycles. The summed E-state index contributed by atoms with van der Waals surface area (Å²) in [7, 11) is 0. The third kappa shape index (κ3) is 4.07. The molecule has 2 atom stereocenters. The average Bonchev–Trinajstić information content (AvgIpc) is 3.29. The largest absolute Gasteiger partial charge is 0.473 e. The van der Waals surface area contributed by atoms with E-state index >= 15 is 0 Å². The number of pyridine rings is 1. The van der Waals surface area contributed by atoms with Crippen molar-refractivity contribution in [3.8, 4) is 17.4 Å². The van der Waals surface area contributed by atoms with Crippen molar-refractivity contribution in [1.29, 1.82) is 0 Å². The molecule has 13 heteroatoms. The predicted octanol–water partition coefficient (Wildman–Crippen LogP) is 4.30. The van der Waals surface area contributed by atoms with Gasteiger partial charge >= 0.3 is 4.84 Å². The maximum atomic E-state index is 14.7. The first-order valence-corrected chi connectivity index (χ1v) is 11.7. The Hall–Kier alpha value is -3.35. The molecule has 0 amide bonds. The molecule has 5 heterocycles. The Morgan fingerprint density at radius 1 is 1.23 bits per heavy atom. The monoisotopic (exact) mass is 515 g/mol. The summed E-state index contributed by atoms with van der Waals surface area (Å²) < 4.78 is 31.1. The fourth-order valence-electron chi connectivity index (χ4n) is 4.36. The lowest BCUT2D eigenvalue weighted by molar-refractivity contribution is 0.0686. The lowest BCUT2D eigenvalue weighted by atomic mass is 10.0. The average molecular weight is 516 g/mol. The molecular formula is C22H19ClFN7O3S. The minimum atomic E-state index is -0.425. The van der Waals surface area contributed by atoms with Gasteiger partial charge in [0.05, 0.1) is 42.0 Å². The van der Waals surface area contributed by atoms with Crippen molar-refractivity contribution in [2.45, 2.75) is 19.0 Å². The van der Waals surface area contributed by atoms with Crippen LogP contribution in [0.3, 0.4) is 0 Å². The fourth-order valence-corrected chi connectivity index (χ4v) is 4.64. The summed E-state index contributed by atoms with van der Waals surface area (Å²) in [5.74, 6) is 0.936. The molecule has 2 N–H and O–H groups in total. The van der Waals surface area contributed by atoms with Crippen LogP contribution in [-0.4, -0.2) is 57.5 Å². The number of aromatic amines is 1. The van der Waals surface area contributed by atoms with E-state index in [1.54, 1.807) is 12.1 Å². The summed E-state index contributed by atoms with van der Waals surface area (Å²) in [4.78, 5) is 20.2. The van der Waals surface area contributed by atoms with Crippen molar-refractivity contribution in [3.63, 3.8) is 0 Å². The molecule has 0 unspecified atom stereocenters. The molecule has 0 spiro atoms. The number of morpholine rings is 1. The highest BCUT2D eigenvalue weighted by atomic mass is 35.5. The number of H-pyrrole nitrogens is 1. The highest BCUT2D eigenvalue weighted by Gasteiger charge is 2.33. The quantitative estimate of drug-likeness (QED) is 0.301. The number of halogens is 2. The molecule has 180 valence electrons. The van der Waals surface area contributed by atoms with Crippen molar-refractivity contribution in [2.24, 2.45) is 0 Å². The Bertz CT molecular complexity index is 1500. The number of hydrogen-bond donors (Lipinski definition) is 2. The smallest absolute Gasteiger partial charge is 0.314 e. The first kappa shape index (κ1) is 22.1. The molecule has 0 bridgehead atoms. The molecule has 35 heavy (non-hydrogen) atoms. The summed E-state index contributed by atoms with van der Waals surface area (Å²) in [6.45, 7) is 4.19. The van der Waals surface area contributed by atoms with E-state index in [2.05, 4.69) is 30.3 Å². The van der Waals surface area contributed by atoms with E-state index in [9.17, 15) is 4.39 Å². The number of benzene rings is 1. The van der Waals surface area contributed by atoms with Crippen LogP contribution in [0.2, 0.25) is 5.15 Å². The molecule has 6 rings (SSSR count). The molecule has 2 aliphatic rings. The van der Waals surface area contributed by atoms with Crippen LogP contribution in [0.25, 0.3) is 22.6 Å². The van der Waals surface area contributed by atoms with Crippen molar-refractivity contribution in [1.82, 2.24) is 25.1 Å². The molecule has 0 aliphatic carbocycles. The molecular weight excluding hydrogens is 497 g/mol. The first-order chi connectivity index (χ1) is 17.0. The van der Waals surface area contributed by atoms with E-state index < -0.39 is 5.82 Å². The van der Waals surface area contributed by atoms with Crippen LogP contribution in [0.5, 0.6) is 5.88 Å². The standard InChI is InChI=1S/C22H19ClFN7O3S/c1-10(25-14-2-3-16(23)27-18(14)19-29-22(35)34-30-19)13-6-11(24)7-15-17(13)28-20-21(26-15)33-9-12-8-32-5-4-31(12)20/h2-3,6-7,10,12,25H,4-5,8-9H2,1H3,(H,29,30,35)/t10-,12+/m1/s1. The molecule has 4 aromatic rings. The lowest BCUT2D eigenvalue weighted by Crippen LogP contribution is -2.51. The van der Waals surface area contributed by atoms with Gasteiger partial charge in [0.25, 0.3) is 5.88 Å². The Labute approximate surface area is 208 Å². The van der Waals surface area contributed by atoms with Gasteiger partial charge in [0, 0.05) is 18.2 Å². The van der Waals surface area contributed by atoms with Crippen LogP contribution in [0.15, 0.2) is 28.8 Å². The SMILES string of the molecule is C[C@@H](Nc1ccc(Cl)nc1-c1nc(=S)o[nH]1)c1cc(F)cc2nc3c(nc12)N1CCOC[C@H]1CO3. The van der Waals surface area contributed by atoms with Crippen molar-refractivity contribution in [3.05, 3.63) is 45.6 Å². The zero-order valence-electron chi connectivity index (χ0n) is 18.4. The number of aromatic nitrogens is 5. The van der Waals surface area contributed by atoms with Crippen molar-refractivity contribution >= 4 is 46.4 Å². The van der Waals surface area contributed by atoms with Crippen molar-refractivity contribution in [2.75, 3.05) is 36.6 Å². The number of nitrogens with one attached hydrogen (secondary N) is 2. The van der Waals surface area contributed by atoms with Gasteiger partial charge in [-0.2, -0.15) is 10.1 Å². The lowest BCUT2D eigenvalue weighted by Gasteiger charge is -2.39. The van der Waals surface area contributed by atoms with E-state index in [0.29, 0.717) is 71.9 Å². The zero-order chi connectivity index (χ0) is 24.1. The highest BCUT2D eigenvalue weighted by Crippen LogP contribution is 2.36. The zero-order valence-corrected chi connectivity index (χ0v) is 20.0. The summed E-state index contributed by atoms with van der Waals surface area (Å²) in [6, 6.07) is 5.89. The van der Waals surface area contributed by atoms with Gasteiger partial charge in [0.15, 0.2) is 11.6 Å². The summed E-state index contributed by atoms with van der Waals surface area (Å²) >= 11 is 11.1. The van der Waals surface area contributed by atoms with E-state index in [-0.39, 0.29) is 22.1 Å². The summed E-state index contributed by atoms with van der Waals surface area (Å²) in [5, 5.41) is 6.27. The Balaban J connectivity index is 1.42. The van der Waals surface area contributed by atoms with E-state index in [1.807, 2.05) is 6.92 Å². The normalized spacial score (nSPS) is 18.0. The molecule has 1 fully saturated rings. The number of hydrogen-bond acceptors (Lipinski definition) is 10. The van der Waals surface area contributed by atoms with E-state index in [4.69, 9.17) is 42.8 Å². The molecule has 1 saturated heterocycles. The van der Waals surface area contributed by atoms with Gasteiger partial charge < -0.3 is 24.2 Å². The predicted molar refractivity (Wildman–Crippen MR) is 129 cm³/mol. The molecule has 0 radical (unpaired) electrons.